The summed E-state index contributed by atoms with van der Waals surface area (Å²) in [5.74, 6) is 0. The van der Waals surface area contributed by atoms with Crippen LogP contribution in [-0.2, 0) is 17.8 Å². The highest BCUT2D eigenvalue weighted by Gasteiger charge is 2.01. The number of carbonyl (C=O) groups excluding carboxylic acids is 1. The van der Waals surface area contributed by atoms with Crippen LogP contribution < -0.4 is 5.32 Å². The van der Waals surface area contributed by atoms with E-state index in [-0.39, 0.29) is 6.09 Å². The molecule has 104 valence electrons. The molecule has 0 aliphatic rings. The number of nitrogens with one attached hydrogen (secondary N) is 1. The molecule has 0 aliphatic heterocycles. The highest BCUT2D eigenvalue weighted by molar-refractivity contribution is 5.67. The van der Waals surface area contributed by atoms with Crippen molar-refractivity contribution >= 4 is 6.09 Å². The smallest absolute Gasteiger partial charge is 0.407 e. The SMILES string of the molecule is O=C(NCCCc1ccccc1)OCc1ccccc1. The van der Waals surface area contributed by atoms with E-state index in [4.69, 9.17) is 4.74 Å². The first-order chi connectivity index (χ1) is 9.84. The summed E-state index contributed by atoms with van der Waals surface area (Å²) < 4.78 is 5.13. The Morgan fingerprint density at radius 1 is 0.900 bits per heavy atom. The summed E-state index contributed by atoms with van der Waals surface area (Å²) in [6.45, 7) is 0.938. The monoisotopic (exact) mass is 269 g/mol. The lowest BCUT2D eigenvalue weighted by Gasteiger charge is -2.07. The largest absolute Gasteiger partial charge is 0.445 e. The van der Waals surface area contributed by atoms with Crippen molar-refractivity contribution in [1.29, 1.82) is 0 Å². The molecule has 0 radical (unpaired) electrons. The van der Waals surface area contributed by atoms with Crippen LogP contribution in [0.3, 0.4) is 0 Å². The van der Waals surface area contributed by atoms with E-state index in [1.54, 1.807) is 0 Å². The summed E-state index contributed by atoms with van der Waals surface area (Å²) in [5.41, 5.74) is 2.28. The number of aryl methyl sites for hydroxylation is 1. The standard InChI is InChI=1S/C17H19NO2/c19-17(20-14-16-10-5-2-6-11-16)18-13-7-12-15-8-3-1-4-9-15/h1-6,8-11H,7,12-14H2,(H,18,19). The Morgan fingerprint density at radius 3 is 2.15 bits per heavy atom. The molecular weight excluding hydrogens is 250 g/mol. The molecule has 1 N–H and O–H groups in total. The highest BCUT2D eigenvalue weighted by Crippen LogP contribution is 2.02. The highest BCUT2D eigenvalue weighted by atomic mass is 16.5. The van der Waals surface area contributed by atoms with Crippen molar-refractivity contribution < 1.29 is 9.53 Å². The van der Waals surface area contributed by atoms with Crippen LogP contribution in [-0.4, -0.2) is 12.6 Å². The molecule has 20 heavy (non-hydrogen) atoms. The number of carbonyl (C=O) groups is 1. The molecule has 1 amide bonds. The van der Waals surface area contributed by atoms with Crippen molar-refractivity contribution in [3.05, 3.63) is 71.8 Å². The van der Waals surface area contributed by atoms with Crippen LogP contribution in [0.4, 0.5) is 4.79 Å². The average Bonchev–Trinajstić information content (AvgIpc) is 2.52. The fourth-order valence-corrected chi connectivity index (χ4v) is 1.90. The molecule has 0 aromatic heterocycles. The minimum Gasteiger partial charge on any atom is -0.445 e. The van der Waals surface area contributed by atoms with Gasteiger partial charge in [-0.3, -0.25) is 0 Å². The van der Waals surface area contributed by atoms with Gasteiger partial charge in [0.05, 0.1) is 0 Å². The van der Waals surface area contributed by atoms with Crippen LogP contribution in [0.25, 0.3) is 0 Å². The minimum atomic E-state index is -0.359. The van der Waals surface area contributed by atoms with E-state index in [1.165, 1.54) is 5.56 Å². The zero-order valence-corrected chi connectivity index (χ0v) is 11.4. The zero-order valence-electron chi connectivity index (χ0n) is 11.4. The summed E-state index contributed by atoms with van der Waals surface area (Å²) in [5, 5.41) is 2.76. The summed E-state index contributed by atoms with van der Waals surface area (Å²) in [4.78, 5) is 11.5. The zero-order chi connectivity index (χ0) is 14.0. The Kier molecular flexibility index (Phi) is 5.65. The molecule has 0 fully saturated rings. The van der Waals surface area contributed by atoms with Gasteiger partial charge in [0.15, 0.2) is 0 Å². The van der Waals surface area contributed by atoms with Gasteiger partial charge in [-0.1, -0.05) is 60.7 Å². The topological polar surface area (TPSA) is 38.3 Å². The van der Waals surface area contributed by atoms with Gasteiger partial charge in [0.25, 0.3) is 0 Å². The second-order valence-electron chi connectivity index (χ2n) is 4.58. The minimum absolute atomic E-state index is 0.311. The van der Waals surface area contributed by atoms with Gasteiger partial charge in [0.1, 0.15) is 6.61 Å². The van der Waals surface area contributed by atoms with Gasteiger partial charge in [-0.05, 0) is 24.0 Å². The number of hydrogen-bond donors (Lipinski definition) is 1. The third-order valence-corrected chi connectivity index (χ3v) is 2.97. The molecule has 0 unspecified atom stereocenters. The molecule has 0 bridgehead atoms. The van der Waals surface area contributed by atoms with Gasteiger partial charge >= 0.3 is 6.09 Å². The number of alkyl carbamates (subject to hydrolysis) is 1. The molecule has 2 aromatic rings. The molecule has 0 saturated heterocycles. The predicted octanol–water partition coefficient (Wildman–Crippen LogP) is 3.55. The fourth-order valence-electron chi connectivity index (χ4n) is 1.90. The van der Waals surface area contributed by atoms with Crippen LogP contribution >= 0.6 is 0 Å². The Balaban J connectivity index is 1.59. The van der Waals surface area contributed by atoms with Crippen molar-refractivity contribution in [2.45, 2.75) is 19.4 Å². The van der Waals surface area contributed by atoms with E-state index in [2.05, 4.69) is 17.4 Å². The van der Waals surface area contributed by atoms with E-state index < -0.39 is 0 Å². The third-order valence-electron chi connectivity index (χ3n) is 2.97. The Hall–Kier alpha value is -2.29. The number of hydrogen-bond acceptors (Lipinski definition) is 2. The summed E-state index contributed by atoms with van der Waals surface area (Å²) in [6.07, 6.45) is 1.51. The van der Waals surface area contributed by atoms with Gasteiger partial charge in [-0.25, -0.2) is 4.79 Å². The maximum Gasteiger partial charge on any atom is 0.407 e. The first kappa shape index (κ1) is 14.1. The lowest BCUT2D eigenvalue weighted by atomic mass is 10.1. The van der Waals surface area contributed by atoms with E-state index in [0.717, 1.165) is 18.4 Å². The normalized spacial score (nSPS) is 10.0. The van der Waals surface area contributed by atoms with Gasteiger partial charge in [-0.2, -0.15) is 0 Å². The molecule has 0 heterocycles. The molecule has 2 aromatic carbocycles. The third kappa shape index (κ3) is 5.14. The quantitative estimate of drug-likeness (QED) is 0.814. The molecule has 3 nitrogen and oxygen atoms in total. The van der Waals surface area contributed by atoms with Gasteiger partial charge < -0.3 is 10.1 Å². The van der Waals surface area contributed by atoms with Crippen molar-refractivity contribution in [3.8, 4) is 0 Å². The first-order valence-corrected chi connectivity index (χ1v) is 6.83. The summed E-state index contributed by atoms with van der Waals surface area (Å²) in [6, 6.07) is 19.9. The van der Waals surface area contributed by atoms with Crippen LogP contribution in [0, 0.1) is 0 Å². The Bertz CT molecular complexity index is 511. The van der Waals surface area contributed by atoms with Crippen LogP contribution in [0.1, 0.15) is 17.5 Å². The van der Waals surface area contributed by atoms with Crippen LogP contribution in [0.15, 0.2) is 60.7 Å². The van der Waals surface area contributed by atoms with Crippen LogP contribution in [0.5, 0.6) is 0 Å². The maximum atomic E-state index is 11.5. The second kappa shape index (κ2) is 8.00. The van der Waals surface area contributed by atoms with Gasteiger partial charge in [0.2, 0.25) is 0 Å². The number of ether oxygens (including phenoxy) is 1. The van der Waals surface area contributed by atoms with Gasteiger partial charge in [0, 0.05) is 6.54 Å². The van der Waals surface area contributed by atoms with E-state index in [1.807, 2.05) is 48.5 Å². The molecule has 0 spiro atoms. The van der Waals surface area contributed by atoms with Crippen molar-refractivity contribution in [3.63, 3.8) is 0 Å². The van der Waals surface area contributed by atoms with Crippen molar-refractivity contribution in [2.75, 3.05) is 6.54 Å². The van der Waals surface area contributed by atoms with Crippen molar-refractivity contribution in [1.82, 2.24) is 5.32 Å². The first-order valence-electron chi connectivity index (χ1n) is 6.83. The van der Waals surface area contributed by atoms with Crippen molar-refractivity contribution in [2.24, 2.45) is 0 Å². The molecular formula is C17H19NO2. The molecule has 0 aliphatic carbocycles. The summed E-state index contributed by atoms with van der Waals surface area (Å²) >= 11 is 0. The summed E-state index contributed by atoms with van der Waals surface area (Å²) in [7, 11) is 0. The lowest BCUT2D eigenvalue weighted by Crippen LogP contribution is -2.25. The lowest BCUT2D eigenvalue weighted by molar-refractivity contribution is 0.139. The van der Waals surface area contributed by atoms with Crippen LogP contribution in [0.2, 0.25) is 0 Å². The Labute approximate surface area is 119 Å². The number of benzene rings is 2. The number of amides is 1. The molecule has 0 atom stereocenters. The van der Waals surface area contributed by atoms with E-state index in [0.29, 0.717) is 13.2 Å². The predicted molar refractivity (Wildman–Crippen MR) is 79.4 cm³/mol. The maximum absolute atomic E-state index is 11.5. The van der Waals surface area contributed by atoms with E-state index in [9.17, 15) is 4.79 Å². The van der Waals surface area contributed by atoms with Gasteiger partial charge in [-0.15, -0.1) is 0 Å². The number of rotatable bonds is 6. The second-order valence-corrected chi connectivity index (χ2v) is 4.58. The molecule has 0 saturated carbocycles. The van der Waals surface area contributed by atoms with E-state index >= 15 is 0 Å². The fraction of sp³-hybridized carbons (Fsp3) is 0.235. The Morgan fingerprint density at radius 2 is 1.50 bits per heavy atom. The molecule has 3 heteroatoms. The average molecular weight is 269 g/mol. The molecule has 2 rings (SSSR count).